The molecule has 0 bridgehead atoms. The molecular weight excluding hydrogens is 287 g/mol. The molecule has 2 rings (SSSR count). The van der Waals surface area contributed by atoms with Crippen molar-refractivity contribution in [3.05, 3.63) is 23.4 Å². The Morgan fingerprint density at radius 3 is 2.76 bits per heavy atom. The molecule has 21 heavy (non-hydrogen) atoms. The number of hydrogen-bond acceptors (Lipinski definition) is 5. The number of anilines is 1. The lowest BCUT2D eigenvalue weighted by molar-refractivity contribution is -0.137. The molecule has 1 aromatic rings. The van der Waals surface area contributed by atoms with E-state index in [1.165, 1.54) is 0 Å². The number of hydrogen-bond donors (Lipinski definition) is 1. The third-order valence-corrected chi connectivity index (χ3v) is 3.04. The number of halogens is 3. The maximum Gasteiger partial charge on any atom is 0.416 e. The van der Waals surface area contributed by atoms with Crippen LogP contribution >= 0.6 is 0 Å². The molecule has 8 heteroatoms. The zero-order chi connectivity index (χ0) is 15.5. The number of nitrogens with one attached hydrogen (secondary N) is 1. The van der Waals surface area contributed by atoms with Crippen molar-refractivity contribution in [3.8, 4) is 6.07 Å². The smallest absolute Gasteiger partial charge is 0.376 e. The summed E-state index contributed by atoms with van der Waals surface area (Å²) in [5.41, 5.74) is -1.20. The summed E-state index contributed by atoms with van der Waals surface area (Å²) in [4.78, 5) is 3.83. The van der Waals surface area contributed by atoms with Gasteiger partial charge in [-0.15, -0.1) is 0 Å². The molecule has 0 radical (unpaired) electrons. The Balaban J connectivity index is 2.17. The highest BCUT2D eigenvalue weighted by atomic mass is 19.4. The van der Waals surface area contributed by atoms with Crippen LogP contribution in [0, 0.1) is 11.3 Å². The van der Waals surface area contributed by atoms with Gasteiger partial charge < -0.3 is 14.8 Å². The van der Waals surface area contributed by atoms with E-state index in [1.807, 2.05) is 0 Å². The topological polar surface area (TPSA) is 67.2 Å². The van der Waals surface area contributed by atoms with Gasteiger partial charge in [0.2, 0.25) is 0 Å². The van der Waals surface area contributed by atoms with Crippen LogP contribution in [0.1, 0.15) is 18.2 Å². The number of rotatable bonds is 3. The highest BCUT2D eigenvalue weighted by Gasteiger charge is 2.32. The number of aromatic nitrogens is 1. The van der Waals surface area contributed by atoms with Crippen LogP contribution in [0.4, 0.5) is 19.0 Å². The predicted molar refractivity (Wildman–Crippen MR) is 67.6 cm³/mol. The fraction of sp³-hybridized carbons (Fsp3) is 0.538. The minimum atomic E-state index is -4.53. The molecule has 0 aromatic carbocycles. The van der Waals surface area contributed by atoms with E-state index < -0.39 is 11.7 Å². The molecular formula is C13H14F3N3O2. The van der Waals surface area contributed by atoms with Crippen LogP contribution in [0.3, 0.4) is 0 Å². The molecule has 2 atom stereocenters. The van der Waals surface area contributed by atoms with Crippen LogP contribution in [0.5, 0.6) is 0 Å². The summed E-state index contributed by atoms with van der Waals surface area (Å²) in [6.45, 7) is 3.06. The molecule has 0 aliphatic carbocycles. The second kappa shape index (κ2) is 6.28. The van der Waals surface area contributed by atoms with Crippen molar-refractivity contribution in [1.82, 2.24) is 4.98 Å². The first-order valence-corrected chi connectivity index (χ1v) is 6.35. The number of ether oxygens (including phenoxy) is 2. The Kier molecular flexibility index (Phi) is 4.65. The van der Waals surface area contributed by atoms with Crippen LogP contribution in [-0.4, -0.2) is 37.0 Å². The molecule has 1 saturated heterocycles. The van der Waals surface area contributed by atoms with Crippen LogP contribution < -0.4 is 5.32 Å². The van der Waals surface area contributed by atoms with Crippen molar-refractivity contribution < 1.29 is 22.6 Å². The monoisotopic (exact) mass is 301 g/mol. The van der Waals surface area contributed by atoms with E-state index in [0.29, 0.717) is 19.8 Å². The zero-order valence-electron chi connectivity index (χ0n) is 11.3. The lowest BCUT2D eigenvalue weighted by Crippen LogP contribution is -2.41. The first-order chi connectivity index (χ1) is 9.90. The van der Waals surface area contributed by atoms with Crippen molar-refractivity contribution in [2.75, 3.05) is 25.1 Å². The summed E-state index contributed by atoms with van der Waals surface area (Å²) in [5, 5.41) is 11.6. The van der Waals surface area contributed by atoms with Crippen molar-refractivity contribution in [2.24, 2.45) is 0 Å². The molecule has 1 aliphatic heterocycles. The van der Waals surface area contributed by atoms with Crippen LogP contribution in [-0.2, 0) is 15.7 Å². The Labute approximate surface area is 119 Å². The highest BCUT2D eigenvalue weighted by Crippen LogP contribution is 2.31. The summed E-state index contributed by atoms with van der Waals surface area (Å²) in [6.07, 6.45) is -4.81. The van der Waals surface area contributed by atoms with E-state index >= 15 is 0 Å². The number of nitriles is 1. The predicted octanol–water partition coefficient (Wildman–Crippen LogP) is 2.19. The van der Waals surface area contributed by atoms with Crippen molar-refractivity contribution in [3.63, 3.8) is 0 Å². The zero-order valence-corrected chi connectivity index (χ0v) is 11.3. The molecule has 0 amide bonds. The van der Waals surface area contributed by atoms with Gasteiger partial charge in [-0.1, -0.05) is 0 Å². The lowest BCUT2D eigenvalue weighted by atomic mass is 10.1. The number of pyridine rings is 1. The van der Waals surface area contributed by atoms with Crippen molar-refractivity contribution in [1.29, 1.82) is 5.26 Å². The maximum absolute atomic E-state index is 12.8. The van der Waals surface area contributed by atoms with Gasteiger partial charge in [0.15, 0.2) is 0 Å². The molecule has 2 heterocycles. The summed E-state index contributed by atoms with van der Waals surface area (Å²) in [5.74, 6) is -0.0111. The van der Waals surface area contributed by atoms with Gasteiger partial charge in [-0.05, 0) is 19.1 Å². The van der Waals surface area contributed by atoms with Crippen LogP contribution in [0.2, 0.25) is 0 Å². The van der Waals surface area contributed by atoms with Gasteiger partial charge in [-0.25, -0.2) is 4.98 Å². The highest BCUT2D eigenvalue weighted by molar-refractivity contribution is 5.44. The molecule has 1 aromatic heterocycles. The second-order valence-corrected chi connectivity index (χ2v) is 4.65. The minimum Gasteiger partial charge on any atom is -0.376 e. The number of alkyl halides is 3. The van der Waals surface area contributed by atoms with Crippen LogP contribution in [0.25, 0.3) is 0 Å². The molecule has 2 unspecified atom stereocenters. The van der Waals surface area contributed by atoms with Crippen molar-refractivity contribution >= 4 is 5.82 Å². The Hall–Kier alpha value is -1.85. The average Bonchev–Trinajstić information content (AvgIpc) is 2.46. The maximum atomic E-state index is 12.8. The van der Waals surface area contributed by atoms with Crippen molar-refractivity contribution in [2.45, 2.75) is 25.2 Å². The average molecular weight is 301 g/mol. The fourth-order valence-corrected chi connectivity index (χ4v) is 1.95. The first kappa shape index (κ1) is 15.5. The van der Waals surface area contributed by atoms with Gasteiger partial charge in [0, 0.05) is 0 Å². The van der Waals surface area contributed by atoms with E-state index in [0.717, 1.165) is 12.1 Å². The third-order valence-electron chi connectivity index (χ3n) is 3.04. The summed E-state index contributed by atoms with van der Waals surface area (Å²) >= 11 is 0. The van der Waals surface area contributed by atoms with Crippen LogP contribution in [0.15, 0.2) is 12.1 Å². The molecule has 114 valence electrons. The first-order valence-electron chi connectivity index (χ1n) is 6.35. The molecule has 1 aliphatic rings. The normalized spacial score (nSPS) is 20.6. The van der Waals surface area contributed by atoms with E-state index in [9.17, 15) is 13.2 Å². The number of nitrogens with zero attached hydrogens (tertiary/aromatic N) is 2. The molecule has 1 N–H and O–H groups in total. The SMILES string of the molecule is CC(Nc1cc(C(F)(F)F)cc(C#N)n1)C1COCCO1. The lowest BCUT2D eigenvalue weighted by Gasteiger charge is -2.29. The van der Waals surface area contributed by atoms with Gasteiger partial charge in [-0.2, -0.15) is 18.4 Å². The van der Waals surface area contributed by atoms with Gasteiger partial charge in [0.25, 0.3) is 0 Å². The third kappa shape index (κ3) is 4.06. The van der Waals surface area contributed by atoms with E-state index in [-0.39, 0.29) is 23.7 Å². The summed E-state index contributed by atoms with van der Waals surface area (Å²) in [7, 11) is 0. The Morgan fingerprint density at radius 2 is 2.19 bits per heavy atom. The van der Waals surface area contributed by atoms with Gasteiger partial charge in [0.05, 0.1) is 31.4 Å². The second-order valence-electron chi connectivity index (χ2n) is 4.65. The molecule has 0 saturated carbocycles. The van der Waals surface area contributed by atoms with Gasteiger partial charge >= 0.3 is 6.18 Å². The molecule has 1 fully saturated rings. The minimum absolute atomic E-state index is 0.0111. The standard InChI is InChI=1S/C13H14F3N3O2/c1-8(11-7-20-2-3-21-11)18-12-5-9(13(14,15)16)4-10(6-17)19-12/h4-5,8,11H,2-3,7H2,1H3,(H,18,19). The van der Waals surface area contributed by atoms with E-state index in [1.54, 1.807) is 13.0 Å². The fourth-order valence-electron chi connectivity index (χ4n) is 1.95. The Bertz CT molecular complexity index is 536. The largest absolute Gasteiger partial charge is 0.416 e. The molecule has 0 spiro atoms. The van der Waals surface area contributed by atoms with Gasteiger partial charge in [0.1, 0.15) is 23.7 Å². The summed E-state index contributed by atoms with van der Waals surface area (Å²) in [6, 6.07) is 2.92. The van der Waals surface area contributed by atoms with Gasteiger partial charge in [-0.3, -0.25) is 0 Å². The Morgan fingerprint density at radius 1 is 1.43 bits per heavy atom. The molecule has 5 nitrogen and oxygen atoms in total. The quantitative estimate of drug-likeness (QED) is 0.927. The summed E-state index contributed by atoms with van der Waals surface area (Å²) < 4.78 is 49.0. The van der Waals surface area contributed by atoms with E-state index in [4.69, 9.17) is 14.7 Å². The van der Waals surface area contributed by atoms with E-state index in [2.05, 4.69) is 10.3 Å².